The number of sulfonamides is 1. The van der Waals surface area contributed by atoms with Crippen LogP contribution in [-0.2, 0) is 30.0 Å². The number of aromatic nitrogens is 2. The first-order chi connectivity index (χ1) is 14.3. The molecule has 0 radical (unpaired) electrons. The Morgan fingerprint density at radius 2 is 1.80 bits per heavy atom. The number of rotatable bonds is 4. The van der Waals surface area contributed by atoms with Gasteiger partial charge in [0.15, 0.2) is 0 Å². The Morgan fingerprint density at radius 3 is 2.50 bits per heavy atom. The molecule has 1 aliphatic rings. The molecule has 0 fully saturated rings. The highest BCUT2D eigenvalue weighted by Crippen LogP contribution is 2.26. The predicted octanol–water partition coefficient (Wildman–Crippen LogP) is 3.04. The van der Waals surface area contributed by atoms with Crippen molar-refractivity contribution in [2.24, 2.45) is 7.05 Å². The number of hydrogen-bond donors (Lipinski definition) is 1. The fraction of sp³-hybridized carbons (Fsp3) is 0.273. The lowest BCUT2D eigenvalue weighted by atomic mass is 10.0. The van der Waals surface area contributed by atoms with Gasteiger partial charge in [-0.25, -0.2) is 8.42 Å². The summed E-state index contributed by atoms with van der Waals surface area (Å²) >= 11 is 0. The van der Waals surface area contributed by atoms with E-state index in [-0.39, 0.29) is 16.4 Å². The average Bonchev–Trinajstić information content (AvgIpc) is 2.99. The molecule has 0 saturated carbocycles. The number of nitrogens with one attached hydrogen (secondary N) is 1. The van der Waals surface area contributed by atoms with Gasteiger partial charge in [0.25, 0.3) is 5.91 Å². The molecule has 0 atom stereocenters. The van der Waals surface area contributed by atoms with Crippen LogP contribution in [0.15, 0.2) is 53.4 Å². The minimum absolute atomic E-state index is 0.118. The molecule has 4 rings (SSSR count). The molecule has 0 saturated heterocycles. The van der Waals surface area contributed by atoms with Crippen LogP contribution in [0.25, 0.3) is 0 Å². The van der Waals surface area contributed by atoms with Crippen LogP contribution in [0.3, 0.4) is 0 Å². The molecular formula is C22H24N4O3S. The van der Waals surface area contributed by atoms with E-state index in [1.54, 1.807) is 23.9 Å². The van der Waals surface area contributed by atoms with Crippen molar-refractivity contribution in [1.29, 1.82) is 0 Å². The number of carbonyl (C=O) groups excluding carboxylic acids is 1. The molecule has 1 aliphatic heterocycles. The fourth-order valence-electron chi connectivity index (χ4n) is 3.74. The molecule has 0 spiro atoms. The van der Waals surface area contributed by atoms with Crippen LogP contribution in [-0.4, -0.2) is 35.0 Å². The van der Waals surface area contributed by atoms with Crippen LogP contribution in [0.4, 0.5) is 5.82 Å². The summed E-state index contributed by atoms with van der Waals surface area (Å²) in [6.07, 6.45) is 0.675. The lowest BCUT2D eigenvalue weighted by molar-refractivity contribution is 0.102. The minimum Gasteiger partial charge on any atom is -0.307 e. The second-order valence-corrected chi connectivity index (χ2v) is 9.46. The molecule has 7 nitrogen and oxygen atoms in total. The highest BCUT2D eigenvalue weighted by Gasteiger charge is 2.28. The summed E-state index contributed by atoms with van der Waals surface area (Å²) in [7, 11) is -1.96. The van der Waals surface area contributed by atoms with Crippen LogP contribution in [0.1, 0.15) is 32.7 Å². The highest BCUT2D eigenvalue weighted by molar-refractivity contribution is 7.89. The Labute approximate surface area is 176 Å². The topological polar surface area (TPSA) is 84.3 Å². The minimum atomic E-state index is -3.71. The van der Waals surface area contributed by atoms with Crippen LogP contribution < -0.4 is 5.32 Å². The maximum absolute atomic E-state index is 13.2. The second-order valence-electron chi connectivity index (χ2n) is 7.52. The number of carbonyl (C=O) groups is 1. The normalized spacial score (nSPS) is 14.4. The van der Waals surface area contributed by atoms with E-state index < -0.39 is 10.0 Å². The lowest BCUT2D eigenvalue weighted by Crippen LogP contribution is -2.36. The Hall–Kier alpha value is -2.97. The second kappa shape index (κ2) is 7.70. The van der Waals surface area contributed by atoms with Gasteiger partial charge in [-0.15, -0.1) is 0 Å². The van der Waals surface area contributed by atoms with E-state index in [1.165, 1.54) is 22.0 Å². The summed E-state index contributed by atoms with van der Waals surface area (Å²) < 4.78 is 29.5. The Bertz CT molecular complexity index is 1230. The van der Waals surface area contributed by atoms with E-state index >= 15 is 0 Å². The quantitative estimate of drug-likeness (QED) is 0.698. The van der Waals surface area contributed by atoms with E-state index in [1.807, 2.05) is 38.1 Å². The van der Waals surface area contributed by atoms with Gasteiger partial charge in [-0.2, -0.15) is 9.40 Å². The maximum Gasteiger partial charge on any atom is 0.256 e. The van der Waals surface area contributed by atoms with E-state index in [0.717, 1.165) is 16.8 Å². The number of anilines is 1. The third-order valence-electron chi connectivity index (χ3n) is 5.58. The zero-order valence-electron chi connectivity index (χ0n) is 17.2. The molecule has 0 aliphatic carbocycles. The van der Waals surface area contributed by atoms with Crippen molar-refractivity contribution in [1.82, 2.24) is 14.1 Å². The summed E-state index contributed by atoms with van der Waals surface area (Å²) in [5, 5.41) is 7.13. The largest absolute Gasteiger partial charge is 0.307 e. The summed E-state index contributed by atoms with van der Waals surface area (Å²) in [5.74, 6) is 0.223. The number of benzene rings is 2. The lowest BCUT2D eigenvalue weighted by Gasteiger charge is -2.28. The smallest absolute Gasteiger partial charge is 0.256 e. The third kappa shape index (κ3) is 3.64. The third-order valence-corrected chi connectivity index (χ3v) is 7.42. The maximum atomic E-state index is 13.2. The molecule has 0 unspecified atom stereocenters. The molecule has 1 amide bonds. The number of aryl methyl sites for hydroxylation is 2. The van der Waals surface area contributed by atoms with E-state index in [0.29, 0.717) is 25.3 Å². The Balaban J connectivity index is 1.59. The molecule has 156 valence electrons. The molecule has 30 heavy (non-hydrogen) atoms. The van der Waals surface area contributed by atoms with Crippen molar-refractivity contribution in [3.05, 3.63) is 76.5 Å². The van der Waals surface area contributed by atoms with E-state index in [4.69, 9.17) is 0 Å². The van der Waals surface area contributed by atoms with Gasteiger partial charge in [0.1, 0.15) is 5.82 Å². The number of amides is 1. The molecule has 0 bridgehead atoms. The monoisotopic (exact) mass is 424 g/mol. The van der Waals surface area contributed by atoms with Gasteiger partial charge in [-0.1, -0.05) is 30.3 Å². The molecule has 2 heterocycles. The van der Waals surface area contributed by atoms with E-state index in [9.17, 15) is 13.2 Å². The van der Waals surface area contributed by atoms with Gasteiger partial charge in [0.05, 0.1) is 10.6 Å². The van der Waals surface area contributed by atoms with Gasteiger partial charge in [-0.05, 0) is 49.6 Å². The van der Waals surface area contributed by atoms with Crippen molar-refractivity contribution in [3.8, 4) is 0 Å². The average molecular weight is 425 g/mol. The molecule has 8 heteroatoms. The van der Waals surface area contributed by atoms with Gasteiger partial charge in [0, 0.05) is 31.3 Å². The van der Waals surface area contributed by atoms with Gasteiger partial charge >= 0.3 is 0 Å². The number of fused-ring (bicyclic) bond motifs is 1. The first-order valence-corrected chi connectivity index (χ1v) is 11.2. The first kappa shape index (κ1) is 20.3. The van der Waals surface area contributed by atoms with E-state index in [2.05, 4.69) is 10.4 Å². The molecule has 2 aromatic carbocycles. The Kier molecular flexibility index (Phi) is 5.21. The molecule has 1 N–H and O–H groups in total. The van der Waals surface area contributed by atoms with Crippen molar-refractivity contribution >= 4 is 21.7 Å². The van der Waals surface area contributed by atoms with Crippen molar-refractivity contribution < 1.29 is 13.2 Å². The fourth-order valence-corrected chi connectivity index (χ4v) is 5.21. The zero-order chi connectivity index (χ0) is 21.5. The summed E-state index contributed by atoms with van der Waals surface area (Å²) in [5.41, 5.74) is 4.19. The Morgan fingerprint density at radius 1 is 1.07 bits per heavy atom. The van der Waals surface area contributed by atoms with Crippen LogP contribution in [0.5, 0.6) is 0 Å². The highest BCUT2D eigenvalue weighted by atomic mass is 32.2. The molecule has 3 aromatic rings. The van der Waals surface area contributed by atoms with Crippen LogP contribution >= 0.6 is 0 Å². The zero-order valence-corrected chi connectivity index (χ0v) is 18.0. The summed E-state index contributed by atoms with van der Waals surface area (Å²) in [6.45, 7) is 4.51. The predicted molar refractivity (Wildman–Crippen MR) is 115 cm³/mol. The first-order valence-electron chi connectivity index (χ1n) is 9.76. The molecular weight excluding hydrogens is 400 g/mol. The summed E-state index contributed by atoms with van der Waals surface area (Å²) in [4.78, 5) is 12.9. The van der Waals surface area contributed by atoms with Crippen LogP contribution in [0, 0.1) is 13.8 Å². The number of nitrogens with zero attached hydrogens (tertiary/aromatic N) is 3. The van der Waals surface area contributed by atoms with Crippen molar-refractivity contribution in [2.75, 3.05) is 11.9 Å². The standard InChI is InChI=1S/C22H24N4O3S/c1-15-16(2)24-25(3)21(15)23-22(27)18-9-6-10-20(13-18)30(28,29)26-12-11-17-7-4-5-8-19(17)14-26/h4-10,13H,11-12,14H2,1-3H3,(H,23,27). The summed E-state index contributed by atoms with van der Waals surface area (Å²) in [6, 6.07) is 14.1. The SMILES string of the molecule is Cc1nn(C)c(NC(=O)c2cccc(S(=O)(=O)N3CCc4ccccc4C3)c2)c1C. The van der Waals surface area contributed by atoms with Crippen molar-refractivity contribution in [3.63, 3.8) is 0 Å². The van der Waals surface area contributed by atoms with Gasteiger partial charge < -0.3 is 5.32 Å². The van der Waals surface area contributed by atoms with Crippen molar-refractivity contribution in [2.45, 2.75) is 31.7 Å². The van der Waals surface area contributed by atoms with Gasteiger partial charge in [-0.3, -0.25) is 9.48 Å². The molecule has 1 aromatic heterocycles. The van der Waals surface area contributed by atoms with Gasteiger partial charge in [0.2, 0.25) is 10.0 Å². The van der Waals surface area contributed by atoms with Crippen LogP contribution in [0.2, 0.25) is 0 Å². The number of hydrogen-bond acceptors (Lipinski definition) is 4.